The van der Waals surface area contributed by atoms with Crippen LogP contribution in [-0.2, 0) is 9.84 Å². The van der Waals surface area contributed by atoms with Gasteiger partial charge < -0.3 is 19.5 Å². The monoisotopic (exact) mass is 511 g/mol. The molecule has 11 heteroatoms. The summed E-state index contributed by atoms with van der Waals surface area (Å²) in [5, 5.41) is 0. The Morgan fingerprint density at radius 1 is 1.08 bits per heavy atom. The predicted octanol–water partition coefficient (Wildman–Crippen LogP) is 1.96. The normalized spacial score (nSPS) is 18.2. The van der Waals surface area contributed by atoms with E-state index in [1.807, 2.05) is 30.5 Å². The number of ether oxygens (including phenoxy) is 1. The van der Waals surface area contributed by atoms with Gasteiger partial charge in [0.25, 0.3) is 5.91 Å². The quantitative estimate of drug-likeness (QED) is 0.556. The van der Waals surface area contributed by atoms with E-state index in [4.69, 9.17) is 4.74 Å². The van der Waals surface area contributed by atoms with Crippen LogP contribution in [0.4, 0.5) is 5.82 Å². The van der Waals surface area contributed by atoms with Gasteiger partial charge in [0.15, 0.2) is 9.84 Å². The summed E-state index contributed by atoms with van der Waals surface area (Å²) in [5.74, 6) is 1.27. The zero-order valence-electron chi connectivity index (χ0n) is 20.1. The van der Waals surface area contributed by atoms with E-state index in [0.717, 1.165) is 29.8 Å². The lowest BCUT2D eigenvalue weighted by Gasteiger charge is -2.33. The molecule has 1 aromatic carbocycles. The summed E-state index contributed by atoms with van der Waals surface area (Å²) in [5.41, 5.74) is 2.01. The molecule has 2 fully saturated rings. The fourth-order valence-corrected chi connectivity index (χ4v) is 6.02. The molecule has 0 bridgehead atoms. The van der Waals surface area contributed by atoms with E-state index < -0.39 is 9.84 Å². The van der Waals surface area contributed by atoms with Gasteiger partial charge in [-0.15, -0.1) is 0 Å². The molecule has 5 rings (SSSR count). The third-order valence-electron chi connectivity index (χ3n) is 6.93. The molecule has 2 aromatic heterocycles. The summed E-state index contributed by atoms with van der Waals surface area (Å²) in [4.78, 5) is 36.7. The van der Waals surface area contributed by atoms with Crippen molar-refractivity contribution in [3.8, 4) is 17.0 Å². The number of aromatic nitrogens is 3. The molecule has 4 heterocycles. The number of carbonyl (C=O) groups is 1. The summed E-state index contributed by atoms with van der Waals surface area (Å²) in [6.07, 6.45) is 5.01. The Morgan fingerprint density at radius 2 is 1.83 bits per heavy atom. The van der Waals surface area contributed by atoms with Gasteiger partial charge in [-0.05, 0) is 37.1 Å². The molecule has 190 valence electrons. The summed E-state index contributed by atoms with van der Waals surface area (Å²) >= 11 is 0. The first-order chi connectivity index (χ1) is 17.3. The lowest BCUT2D eigenvalue weighted by Crippen LogP contribution is -2.43. The molecule has 2 aliphatic rings. The van der Waals surface area contributed by atoms with Crippen LogP contribution in [-0.4, -0.2) is 78.6 Å². The molecular weight excluding hydrogens is 482 g/mol. The highest BCUT2D eigenvalue weighted by atomic mass is 32.2. The number of imidazole rings is 1. The molecule has 1 amide bonds. The molecular formula is C25H29N5O5S. The number of aromatic amines is 1. The van der Waals surface area contributed by atoms with Crippen LogP contribution in [0.3, 0.4) is 0 Å². The molecule has 0 radical (unpaired) electrons. The Bertz CT molecular complexity index is 1410. The minimum atomic E-state index is -3.05. The van der Waals surface area contributed by atoms with Gasteiger partial charge >= 0.3 is 5.69 Å². The van der Waals surface area contributed by atoms with E-state index in [0.29, 0.717) is 24.5 Å². The minimum Gasteiger partial charge on any atom is -0.497 e. The SMILES string of the molecule is COc1cccc(-c2cn(C3CCN(c4cc(C(=O)N5CCS(=O)(=O)CC5)ccn4)CC3)c(=O)[nH]2)c1. The van der Waals surface area contributed by atoms with Gasteiger partial charge in [-0.1, -0.05) is 12.1 Å². The van der Waals surface area contributed by atoms with Gasteiger partial charge in [-0.25, -0.2) is 18.2 Å². The van der Waals surface area contributed by atoms with Crippen molar-refractivity contribution < 1.29 is 17.9 Å². The zero-order chi connectivity index (χ0) is 25.3. The van der Waals surface area contributed by atoms with Gasteiger partial charge in [0.05, 0.1) is 24.3 Å². The fourth-order valence-electron chi connectivity index (χ4n) is 4.81. The second-order valence-corrected chi connectivity index (χ2v) is 11.5. The third-order valence-corrected chi connectivity index (χ3v) is 8.54. The van der Waals surface area contributed by atoms with Crippen LogP contribution >= 0.6 is 0 Å². The third kappa shape index (κ3) is 5.01. The number of H-pyrrole nitrogens is 1. The van der Waals surface area contributed by atoms with E-state index >= 15 is 0 Å². The molecule has 1 N–H and O–H groups in total. The van der Waals surface area contributed by atoms with Crippen LogP contribution in [0.1, 0.15) is 29.2 Å². The van der Waals surface area contributed by atoms with Gasteiger partial charge in [-0.3, -0.25) is 9.36 Å². The number of piperidine rings is 1. The van der Waals surface area contributed by atoms with Crippen LogP contribution in [0.5, 0.6) is 5.75 Å². The molecule has 0 aliphatic carbocycles. The molecule has 10 nitrogen and oxygen atoms in total. The number of rotatable bonds is 5. The Labute approximate surface area is 209 Å². The second kappa shape index (κ2) is 9.81. The van der Waals surface area contributed by atoms with Crippen molar-refractivity contribution in [1.29, 1.82) is 0 Å². The number of nitrogens with one attached hydrogen (secondary N) is 1. The Kier molecular flexibility index (Phi) is 6.57. The van der Waals surface area contributed by atoms with Gasteiger partial charge in [-0.2, -0.15) is 0 Å². The molecule has 2 aliphatic heterocycles. The van der Waals surface area contributed by atoms with Crippen LogP contribution < -0.4 is 15.3 Å². The van der Waals surface area contributed by atoms with E-state index in [2.05, 4.69) is 14.9 Å². The van der Waals surface area contributed by atoms with Crippen LogP contribution in [0.15, 0.2) is 53.6 Å². The number of sulfone groups is 1. The fraction of sp³-hybridized carbons (Fsp3) is 0.400. The molecule has 2 saturated heterocycles. The maximum Gasteiger partial charge on any atom is 0.326 e. The summed E-state index contributed by atoms with van der Waals surface area (Å²) in [7, 11) is -1.44. The number of methoxy groups -OCH3 is 1. The molecule has 3 aromatic rings. The number of carbonyl (C=O) groups excluding carboxylic acids is 1. The molecule has 0 saturated carbocycles. The number of nitrogens with zero attached hydrogens (tertiary/aromatic N) is 4. The summed E-state index contributed by atoms with van der Waals surface area (Å²) in [6.45, 7) is 1.83. The van der Waals surface area contributed by atoms with Gasteiger partial charge in [0.1, 0.15) is 11.6 Å². The standard InChI is InChI=1S/C25H29N5O5S/c1-35-21-4-2-3-18(15-21)22-17-30(25(32)27-22)20-6-9-28(10-7-20)23-16-19(5-8-26-23)24(31)29-11-13-36(33,34)14-12-29/h2-5,8,15-17,20H,6-7,9-14H2,1H3,(H,27,32). The van der Waals surface area contributed by atoms with E-state index in [-0.39, 0.29) is 42.2 Å². The van der Waals surface area contributed by atoms with Crippen molar-refractivity contribution >= 4 is 21.6 Å². The number of amides is 1. The summed E-state index contributed by atoms with van der Waals surface area (Å²) in [6, 6.07) is 11.1. The largest absolute Gasteiger partial charge is 0.497 e. The lowest BCUT2D eigenvalue weighted by molar-refractivity contribution is 0.0770. The average Bonchev–Trinajstić information content (AvgIpc) is 3.30. The average molecular weight is 512 g/mol. The number of hydrogen-bond acceptors (Lipinski definition) is 7. The topological polar surface area (TPSA) is 118 Å². The smallest absolute Gasteiger partial charge is 0.326 e. The number of anilines is 1. The van der Waals surface area contributed by atoms with Crippen LogP contribution in [0.25, 0.3) is 11.3 Å². The van der Waals surface area contributed by atoms with Crippen LogP contribution in [0, 0.1) is 0 Å². The maximum atomic E-state index is 12.9. The molecule has 0 unspecified atom stereocenters. The Morgan fingerprint density at radius 3 is 2.56 bits per heavy atom. The molecule has 0 atom stereocenters. The van der Waals surface area contributed by atoms with E-state index in [9.17, 15) is 18.0 Å². The highest BCUT2D eigenvalue weighted by molar-refractivity contribution is 7.91. The van der Waals surface area contributed by atoms with Crippen LogP contribution in [0.2, 0.25) is 0 Å². The first kappa shape index (κ1) is 24.1. The second-order valence-electron chi connectivity index (χ2n) is 9.18. The van der Waals surface area contributed by atoms with E-state index in [1.54, 1.807) is 34.9 Å². The van der Waals surface area contributed by atoms with Crippen molar-refractivity contribution in [2.75, 3.05) is 49.7 Å². The molecule has 0 spiro atoms. The van der Waals surface area contributed by atoms with Gasteiger partial charge in [0, 0.05) is 55.7 Å². The number of benzene rings is 1. The lowest BCUT2D eigenvalue weighted by atomic mass is 10.0. The van der Waals surface area contributed by atoms with Crippen molar-refractivity contribution in [2.45, 2.75) is 18.9 Å². The highest BCUT2D eigenvalue weighted by Crippen LogP contribution is 2.27. The molecule has 36 heavy (non-hydrogen) atoms. The first-order valence-electron chi connectivity index (χ1n) is 12.0. The van der Waals surface area contributed by atoms with Crippen molar-refractivity contribution in [2.24, 2.45) is 0 Å². The van der Waals surface area contributed by atoms with Crippen molar-refractivity contribution in [3.63, 3.8) is 0 Å². The van der Waals surface area contributed by atoms with Crippen molar-refractivity contribution in [3.05, 3.63) is 64.8 Å². The zero-order valence-corrected chi connectivity index (χ0v) is 20.9. The van der Waals surface area contributed by atoms with Gasteiger partial charge in [0.2, 0.25) is 0 Å². The minimum absolute atomic E-state index is 0.00223. The van der Waals surface area contributed by atoms with E-state index in [1.165, 1.54) is 0 Å². The first-order valence-corrected chi connectivity index (χ1v) is 13.8. The number of hydrogen-bond donors (Lipinski definition) is 1. The van der Waals surface area contributed by atoms with Crippen molar-refractivity contribution in [1.82, 2.24) is 19.4 Å². The predicted molar refractivity (Wildman–Crippen MR) is 136 cm³/mol. The number of pyridine rings is 1. The Balaban J connectivity index is 1.25. The highest BCUT2D eigenvalue weighted by Gasteiger charge is 2.27. The maximum absolute atomic E-state index is 12.9. The Hall–Kier alpha value is -3.60. The summed E-state index contributed by atoms with van der Waals surface area (Å²) < 4.78 is 30.4.